The second-order valence-electron chi connectivity index (χ2n) is 7.97. The molecule has 1 aromatic heterocycles. The molecule has 0 aliphatic carbocycles. The number of nitrogens with zero attached hydrogens (tertiary/aromatic N) is 2. The van der Waals surface area contributed by atoms with Crippen LogP contribution in [0, 0.1) is 0 Å². The number of aryl methyl sites for hydroxylation is 1. The molecule has 1 aliphatic rings. The van der Waals surface area contributed by atoms with E-state index in [0.717, 1.165) is 36.8 Å². The molecule has 9 heteroatoms. The van der Waals surface area contributed by atoms with E-state index in [9.17, 15) is 13.2 Å². The molecule has 2 aromatic carbocycles. The van der Waals surface area contributed by atoms with Gasteiger partial charge < -0.3 is 14.8 Å². The van der Waals surface area contributed by atoms with Crippen LogP contribution < -0.4 is 10.0 Å². The Bertz CT molecular complexity index is 1210. The lowest BCUT2D eigenvalue weighted by molar-refractivity contribution is 0.101. The third-order valence-corrected chi connectivity index (χ3v) is 7.47. The summed E-state index contributed by atoms with van der Waals surface area (Å²) in [5.74, 6) is -0.283. The number of carbonyl (C=O) groups is 1. The molecule has 7 nitrogen and oxygen atoms in total. The van der Waals surface area contributed by atoms with Crippen molar-refractivity contribution in [2.24, 2.45) is 7.05 Å². The summed E-state index contributed by atoms with van der Waals surface area (Å²) in [5, 5.41) is 4.31. The summed E-state index contributed by atoms with van der Waals surface area (Å²) in [6.45, 7) is 1.75. The number of hydrogen-bond donors (Lipinski definition) is 2. The molecule has 0 radical (unpaired) electrons. The number of aromatic nitrogens is 1. The van der Waals surface area contributed by atoms with Crippen LogP contribution >= 0.6 is 11.6 Å². The highest BCUT2D eigenvalue weighted by Gasteiger charge is 2.23. The van der Waals surface area contributed by atoms with Crippen molar-refractivity contribution < 1.29 is 13.2 Å². The maximum Gasteiger partial charge on any atom is 0.272 e. The van der Waals surface area contributed by atoms with Gasteiger partial charge in [-0.2, -0.15) is 0 Å². The van der Waals surface area contributed by atoms with Crippen molar-refractivity contribution in [2.45, 2.75) is 23.8 Å². The van der Waals surface area contributed by atoms with Crippen LogP contribution in [-0.4, -0.2) is 50.0 Å². The molecule has 1 aliphatic heterocycles. The van der Waals surface area contributed by atoms with Crippen LogP contribution in [-0.2, 0) is 17.1 Å². The van der Waals surface area contributed by atoms with E-state index in [1.807, 2.05) is 26.2 Å². The molecule has 1 amide bonds. The molecule has 4 rings (SSSR count). The zero-order valence-electron chi connectivity index (χ0n) is 17.4. The number of rotatable bonds is 5. The van der Waals surface area contributed by atoms with Crippen molar-refractivity contribution in [2.75, 3.05) is 25.5 Å². The Labute approximate surface area is 187 Å². The molecule has 1 fully saturated rings. The summed E-state index contributed by atoms with van der Waals surface area (Å²) in [5.41, 5.74) is 1.90. The molecule has 0 saturated carbocycles. The molecule has 0 atom stereocenters. The summed E-state index contributed by atoms with van der Waals surface area (Å²) in [4.78, 5) is 15.1. The first-order valence-electron chi connectivity index (χ1n) is 10.1. The Morgan fingerprint density at radius 3 is 2.39 bits per heavy atom. The van der Waals surface area contributed by atoms with Crippen LogP contribution in [0.25, 0.3) is 10.9 Å². The number of likely N-dealkylation sites (tertiary alicyclic amines) is 1. The first-order valence-corrected chi connectivity index (χ1v) is 12.0. The smallest absolute Gasteiger partial charge is 0.272 e. The third kappa shape index (κ3) is 4.77. The van der Waals surface area contributed by atoms with Gasteiger partial charge in [0.05, 0.1) is 4.90 Å². The Morgan fingerprint density at radius 1 is 1.03 bits per heavy atom. The van der Waals surface area contributed by atoms with E-state index < -0.39 is 10.0 Å². The van der Waals surface area contributed by atoms with Crippen LogP contribution in [0.2, 0.25) is 5.02 Å². The Morgan fingerprint density at radius 2 is 1.71 bits per heavy atom. The van der Waals surface area contributed by atoms with Crippen molar-refractivity contribution >= 4 is 44.1 Å². The fraction of sp³-hybridized carbons (Fsp3) is 0.318. The molecule has 2 N–H and O–H groups in total. The monoisotopic (exact) mass is 460 g/mol. The minimum atomic E-state index is -3.60. The first kappa shape index (κ1) is 21.8. The summed E-state index contributed by atoms with van der Waals surface area (Å²) in [6.07, 6.45) is 1.58. The highest BCUT2D eigenvalue weighted by molar-refractivity contribution is 7.89. The summed E-state index contributed by atoms with van der Waals surface area (Å²) in [6, 6.07) is 13.4. The van der Waals surface area contributed by atoms with Crippen molar-refractivity contribution in [1.29, 1.82) is 0 Å². The Kier molecular flexibility index (Phi) is 6.07. The molecule has 3 aromatic rings. The molecular formula is C22H25ClN4O3S. The molecule has 31 heavy (non-hydrogen) atoms. The molecule has 164 valence electrons. The molecule has 0 spiro atoms. The standard InChI is InChI=1S/C22H25ClN4O3S/c1-26-11-9-18(10-12-26)25-31(29,30)19-6-4-17(5-7-19)24-22(28)21-14-15-13-16(23)3-8-20(15)27(21)2/h3-8,13-14,18,25H,9-12H2,1-2H3,(H,24,28). The number of anilines is 1. The van der Waals surface area contributed by atoms with Gasteiger partial charge in [0.15, 0.2) is 0 Å². The quantitative estimate of drug-likeness (QED) is 0.610. The normalized spacial score (nSPS) is 16.0. The predicted octanol–water partition coefficient (Wildman–Crippen LogP) is 3.46. The first-order chi connectivity index (χ1) is 14.7. The minimum absolute atomic E-state index is 0.0550. The zero-order chi connectivity index (χ0) is 22.2. The summed E-state index contributed by atoms with van der Waals surface area (Å²) < 4.78 is 30.0. The molecule has 0 unspecified atom stereocenters. The maximum absolute atomic E-state index is 12.8. The van der Waals surface area contributed by atoms with Crippen LogP contribution in [0.5, 0.6) is 0 Å². The molecule has 1 saturated heterocycles. The lowest BCUT2D eigenvalue weighted by Gasteiger charge is -2.29. The second-order valence-corrected chi connectivity index (χ2v) is 10.1. The largest absolute Gasteiger partial charge is 0.340 e. The maximum atomic E-state index is 12.8. The third-order valence-electron chi connectivity index (χ3n) is 5.70. The van der Waals surface area contributed by atoms with E-state index in [2.05, 4.69) is 14.9 Å². The van der Waals surface area contributed by atoms with Gasteiger partial charge in [-0.25, -0.2) is 13.1 Å². The minimum Gasteiger partial charge on any atom is -0.340 e. The number of halogens is 1. The van der Waals surface area contributed by atoms with E-state index in [-0.39, 0.29) is 16.8 Å². The highest BCUT2D eigenvalue weighted by Crippen LogP contribution is 2.24. The lowest BCUT2D eigenvalue weighted by atomic mass is 10.1. The number of benzene rings is 2. The lowest BCUT2D eigenvalue weighted by Crippen LogP contribution is -2.43. The fourth-order valence-corrected chi connectivity index (χ4v) is 5.35. The van der Waals surface area contributed by atoms with Gasteiger partial charge in [0.2, 0.25) is 10.0 Å². The fourth-order valence-electron chi connectivity index (χ4n) is 3.86. The SMILES string of the molecule is CN1CCC(NS(=O)(=O)c2ccc(NC(=O)c3cc4cc(Cl)ccc4n3C)cc2)CC1. The van der Waals surface area contributed by atoms with Crippen LogP contribution in [0.4, 0.5) is 5.69 Å². The van der Waals surface area contributed by atoms with Crippen LogP contribution in [0.15, 0.2) is 53.4 Å². The van der Waals surface area contributed by atoms with E-state index in [0.29, 0.717) is 16.4 Å². The van der Waals surface area contributed by atoms with E-state index in [1.165, 1.54) is 12.1 Å². The van der Waals surface area contributed by atoms with E-state index in [4.69, 9.17) is 11.6 Å². The van der Waals surface area contributed by atoms with Gasteiger partial charge in [-0.1, -0.05) is 11.6 Å². The van der Waals surface area contributed by atoms with Crippen molar-refractivity contribution in [3.8, 4) is 0 Å². The van der Waals surface area contributed by atoms with Crippen LogP contribution in [0.1, 0.15) is 23.3 Å². The van der Waals surface area contributed by atoms with Crippen LogP contribution in [0.3, 0.4) is 0 Å². The average Bonchev–Trinajstić information content (AvgIpc) is 3.06. The van der Waals surface area contributed by atoms with E-state index >= 15 is 0 Å². The van der Waals surface area contributed by atoms with Crippen molar-refractivity contribution in [3.63, 3.8) is 0 Å². The predicted molar refractivity (Wildman–Crippen MR) is 123 cm³/mol. The van der Waals surface area contributed by atoms with Gasteiger partial charge in [-0.05, 0) is 81.5 Å². The second kappa shape index (κ2) is 8.63. The highest BCUT2D eigenvalue weighted by atomic mass is 35.5. The number of amides is 1. The number of hydrogen-bond acceptors (Lipinski definition) is 4. The van der Waals surface area contributed by atoms with Gasteiger partial charge in [0, 0.05) is 34.7 Å². The molecule has 2 heterocycles. The van der Waals surface area contributed by atoms with E-state index in [1.54, 1.807) is 28.8 Å². The number of sulfonamides is 1. The Balaban J connectivity index is 1.46. The number of fused-ring (bicyclic) bond motifs is 1. The van der Waals surface area contributed by atoms with Gasteiger partial charge in [-0.15, -0.1) is 0 Å². The van der Waals surface area contributed by atoms with Gasteiger partial charge >= 0.3 is 0 Å². The van der Waals surface area contributed by atoms with Gasteiger partial charge in [-0.3, -0.25) is 4.79 Å². The molecular weight excluding hydrogens is 436 g/mol. The average molecular weight is 461 g/mol. The number of piperidine rings is 1. The van der Waals surface area contributed by atoms with Crippen molar-refractivity contribution in [3.05, 3.63) is 59.2 Å². The van der Waals surface area contributed by atoms with Gasteiger partial charge in [0.25, 0.3) is 5.91 Å². The number of carbonyl (C=O) groups excluding carboxylic acids is 1. The molecule has 0 bridgehead atoms. The number of nitrogens with one attached hydrogen (secondary N) is 2. The summed E-state index contributed by atoms with van der Waals surface area (Å²) in [7, 11) is 0.247. The summed E-state index contributed by atoms with van der Waals surface area (Å²) >= 11 is 6.04. The van der Waals surface area contributed by atoms with Crippen molar-refractivity contribution in [1.82, 2.24) is 14.2 Å². The topological polar surface area (TPSA) is 83.4 Å². The zero-order valence-corrected chi connectivity index (χ0v) is 19.0. The Hall–Kier alpha value is -2.39. The van der Waals surface area contributed by atoms with Gasteiger partial charge in [0.1, 0.15) is 5.69 Å².